The third-order valence-electron chi connectivity index (χ3n) is 9.57. The van der Waals surface area contributed by atoms with Crippen LogP contribution >= 0.6 is 0 Å². The molecule has 4 aliphatic carbocycles. The van der Waals surface area contributed by atoms with Gasteiger partial charge in [-0.3, -0.25) is 4.79 Å². The first-order valence-electron chi connectivity index (χ1n) is 13.6. The van der Waals surface area contributed by atoms with Gasteiger partial charge in [0, 0.05) is 6.42 Å². The van der Waals surface area contributed by atoms with Crippen molar-refractivity contribution in [1.29, 1.82) is 0 Å². The number of hydrogen-bond acceptors (Lipinski definition) is 5. The van der Waals surface area contributed by atoms with E-state index in [4.69, 9.17) is 4.74 Å². The summed E-state index contributed by atoms with van der Waals surface area (Å²) in [6, 6.07) is 0. The number of ether oxygens (including phenoxy) is 1. The van der Waals surface area contributed by atoms with Crippen LogP contribution in [-0.2, 0) is 9.53 Å². The van der Waals surface area contributed by atoms with Crippen LogP contribution in [0.4, 0.5) is 0 Å². The van der Waals surface area contributed by atoms with Crippen LogP contribution in [0.2, 0.25) is 0 Å². The van der Waals surface area contributed by atoms with E-state index in [-0.39, 0.29) is 11.4 Å². The molecule has 5 heteroatoms. The Kier molecular flexibility index (Phi) is 7.80. The molecule has 4 fully saturated rings. The van der Waals surface area contributed by atoms with E-state index in [1.807, 2.05) is 6.08 Å². The van der Waals surface area contributed by atoms with Crippen LogP contribution in [0.1, 0.15) is 78.6 Å². The molecular formula is C30H44O5. The Hall–Kier alpha value is -1.69. The van der Waals surface area contributed by atoms with Gasteiger partial charge in [-0.05, 0) is 92.6 Å². The van der Waals surface area contributed by atoms with Crippen molar-refractivity contribution in [3.63, 3.8) is 0 Å². The molecule has 35 heavy (non-hydrogen) atoms. The molecule has 0 unspecified atom stereocenters. The van der Waals surface area contributed by atoms with Crippen molar-refractivity contribution in [3.05, 3.63) is 47.6 Å². The molecule has 4 saturated carbocycles. The first kappa shape index (κ1) is 26.4. The van der Waals surface area contributed by atoms with Crippen LogP contribution in [0.15, 0.2) is 47.6 Å². The summed E-state index contributed by atoms with van der Waals surface area (Å²) < 4.78 is 5.20. The largest absolute Gasteiger partial charge is 0.465 e. The first-order valence-corrected chi connectivity index (χ1v) is 13.6. The van der Waals surface area contributed by atoms with Crippen molar-refractivity contribution in [2.24, 2.45) is 28.6 Å². The van der Waals surface area contributed by atoms with Gasteiger partial charge in [-0.1, -0.05) is 50.3 Å². The van der Waals surface area contributed by atoms with E-state index in [9.17, 15) is 20.1 Å². The van der Waals surface area contributed by atoms with E-state index in [2.05, 4.69) is 38.7 Å². The average Bonchev–Trinajstić information content (AvgIpc) is 3.55. The molecule has 3 N–H and O–H groups in total. The van der Waals surface area contributed by atoms with Crippen molar-refractivity contribution in [1.82, 2.24) is 0 Å². The maximum Gasteiger partial charge on any atom is 0.315 e. The van der Waals surface area contributed by atoms with E-state index in [1.165, 1.54) is 12.0 Å². The highest BCUT2D eigenvalue weighted by atomic mass is 16.5. The number of fused-ring (bicyclic) bond motifs is 1. The van der Waals surface area contributed by atoms with Crippen LogP contribution in [0.25, 0.3) is 0 Å². The van der Waals surface area contributed by atoms with E-state index in [0.717, 1.165) is 36.8 Å². The third kappa shape index (κ3) is 5.10. The summed E-state index contributed by atoms with van der Waals surface area (Å²) >= 11 is 0. The second kappa shape index (κ2) is 10.4. The van der Waals surface area contributed by atoms with Crippen molar-refractivity contribution in [2.45, 2.75) is 96.9 Å². The minimum absolute atomic E-state index is 0.207. The van der Waals surface area contributed by atoms with Crippen LogP contribution in [0.5, 0.6) is 0 Å². The Bertz CT molecular complexity index is 910. The number of carbonyl (C=O) groups excluding carboxylic acids is 1. The first-order chi connectivity index (χ1) is 16.6. The molecule has 7 atom stereocenters. The number of esters is 1. The van der Waals surface area contributed by atoms with Crippen molar-refractivity contribution < 1.29 is 24.9 Å². The van der Waals surface area contributed by atoms with E-state index < -0.39 is 23.7 Å². The summed E-state index contributed by atoms with van der Waals surface area (Å²) in [7, 11) is 0. The summed E-state index contributed by atoms with van der Waals surface area (Å²) in [5.74, 6) is 1.10. The van der Waals surface area contributed by atoms with E-state index in [1.54, 1.807) is 6.92 Å². The van der Waals surface area contributed by atoms with Gasteiger partial charge in [0.05, 0.1) is 30.3 Å². The predicted molar refractivity (Wildman–Crippen MR) is 137 cm³/mol. The summed E-state index contributed by atoms with van der Waals surface area (Å²) in [5, 5.41) is 31.0. The van der Waals surface area contributed by atoms with Crippen LogP contribution in [0.3, 0.4) is 0 Å². The molecule has 0 aliphatic heterocycles. The second-order valence-electron chi connectivity index (χ2n) is 11.7. The number of hydrogen-bond donors (Lipinski definition) is 3. The van der Waals surface area contributed by atoms with Crippen LogP contribution in [-0.4, -0.2) is 46.2 Å². The zero-order valence-electron chi connectivity index (χ0n) is 21.7. The number of aliphatic hydroxyl groups excluding tert-OH is 3. The minimum atomic E-state index is -0.781. The number of allylic oxidation sites excluding steroid dienone is 4. The minimum Gasteiger partial charge on any atom is -0.465 e. The predicted octanol–water partition coefficient (Wildman–Crippen LogP) is 5.02. The number of aliphatic hydroxyl groups is 3. The average molecular weight is 485 g/mol. The topological polar surface area (TPSA) is 87.0 Å². The fourth-order valence-corrected chi connectivity index (χ4v) is 7.24. The molecule has 0 aromatic rings. The lowest BCUT2D eigenvalue weighted by Gasteiger charge is -2.44. The Balaban J connectivity index is 1.45. The zero-order chi connectivity index (χ0) is 25.4. The molecule has 0 saturated heterocycles. The summed E-state index contributed by atoms with van der Waals surface area (Å²) in [6.07, 6.45) is 14.5. The van der Waals surface area contributed by atoms with Crippen molar-refractivity contribution >= 4 is 5.97 Å². The van der Waals surface area contributed by atoms with Crippen molar-refractivity contribution in [2.75, 3.05) is 6.61 Å². The molecular weight excluding hydrogens is 440 g/mol. The third-order valence-corrected chi connectivity index (χ3v) is 9.57. The molecule has 0 aromatic heterocycles. The Labute approximate surface area is 210 Å². The maximum absolute atomic E-state index is 12.3. The van der Waals surface area contributed by atoms with Crippen LogP contribution < -0.4 is 0 Å². The lowest BCUT2D eigenvalue weighted by Crippen LogP contribution is -2.36. The summed E-state index contributed by atoms with van der Waals surface area (Å²) in [6.45, 7) is 10.9. The lowest BCUT2D eigenvalue weighted by atomic mass is 9.61. The highest BCUT2D eigenvalue weighted by molar-refractivity contribution is 5.81. The fraction of sp³-hybridized carbons (Fsp3) is 0.700. The summed E-state index contributed by atoms with van der Waals surface area (Å²) in [4.78, 5) is 12.3. The second-order valence-corrected chi connectivity index (χ2v) is 11.7. The highest BCUT2D eigenvalue weighted by Gasteiger charge is 2.56. The lowest BCUT2D eigenvalue weighted by molar-refractivity contribution is -0.153. The van der Waals surface area contributed by atoms with Gasteiger partial charge in [-0.15, -0.1) is 0 Å². The molecule has 4 rings (SSSR count). The molecule has 0 amide bonds. The van der Waals surface area contributed by atoms with Gasteiger partial charge in [0.2, 0.25) is 0 Å². The highest BCUT2D eigenvalue weighted by Crippen LogP contribution is 2.59. The van der Waals surface area contributed by atoms with E-state index >= 15 is 0 Å². The maximum atomic E-state index is 12.3. The molecule has 0 bridgehead atoms. The molecule has 0 aromatic carbocycles. The number of rotatable bonds is 7. The van der Waals surface area contributed by atoms with Gasteiger partial charge in [-0.25, -0.2) is 0 Å². The van der Waals surface area contributed by atoms with Gasteiger partial charge >= 0.3 is 5.97 Å². The molecule has 5 nitrogen and oxygen atoms in total. The van der Waals surface area contributed by atoms with Gasteiger partial charge < -0.3 is 20.1 Å². The molecule has 0 heterocycles. The SMILES string of the molecule is C=C1C(=CC=C2CCC[C@]3(C)[C@@H]([C@H](C)C=C[C@@H](O)C4(C(=O)OCC)CC4)CC[C@@H]23)C[C@@H](O)C[C@@H]1O. The smallest absolute Gasteiger partial charge is 0.315 e. The normalized spacial score (nSPS) is 38.5. The van der Waals surface area contributed by atoms with Gasteiger partial charge in [0.25, 0.3) is 0 Å². The molecule has 194 valence electrons. The van der Waals surface area contributed by atoms with E-state index in [0.29, 0.717) is 50.0 Å². The van der Waals surface area contributed by atoms with Crippen molar-refractivity contribution in [3.8, 4) is 0 Å². The van der Waals surface area contributed by atoms with Crippen LogP contribution in [0, 0.1) is 28.6 Å². The quantitative estimate of drug-likeness (QED) is 0.349. The summed E-state index contributed by atoms with van der Waals surface area (Å²) in [5.41, 5.74) is 2.66. The number of carbonyl (C=O) groups is 1. The molecule has 0 radical (unpaired) electrons. The van der Waals surface area contributed by atoms with Gasteiger partial charge in [0.1, 0.15) is 0 Å². The Morgan fingerprint density at radius 3 is 2.63 bits per heavy atom. The monoisotopic (exact) mass is 484 g/mol. The van der Waals surface area contributed by atoms with Gasteiger partial charge in [-0.2, -0.15) is 0 Å². The molecule has 0 spiro atoms. The Morgan fingerprint density at radius 1 is 1.20 bits per heavy atom. The standard InChI is InChI=1S/C30H44O5/c1-5-35-28(34)30(15-16-30)27(33)13-8-19(2)24-11-12-25-21(7-6-14-29(24,25)4)9-10-22-17-23(31)18-26(32)20(22)3/h8-10,13,19,23-27,31-33H,3,5-7,11-12,14-18H2,1-2,4H3/t19-,23-,24-,25+,26+,27-,29-/m1/s1. The van der Waals surface area contributed by atoms with Gasteiger partial charge in [0.15, 0.2) is 0 Å². The molecule has 4 aliphatic rings. The fourth-order valence-electron chi connectivity index (χ4n) is 7.24. The Morgan fingerprint density at radius 2 is 1.94 bits per heavy atom. The zero-order valence-corrected chi connectivity index (χ0v) is 21.7.